The van der Waals surface area contributed by atoms with Crippen molar-refractivity contribution in [3.63, 3.8) is 0 Å². The Bertz CT molecular complexity index is 1630. The molecule has 0 saturated carbocycles. The molecule has 1 fully saturated rings. The Balaban J connectivity index is 1.61. The lowest BCUT2D eigenvalue weighted by atomic mass is 9.79. The highest BCUT2D eigenvalue weighted by Crippen LogP contribution is 2.50. The van der Waals surface area contributed by atoms with Crippen molar-refractivity contribution in [1.82, 2.24) is 10.2 Å². The SMILES string of the molecule is COC(=O)C1C(c2ccccc2)C(C(=O)NCc2ccc(C)cc2)N(C(=O)COc2ccccc2)C1c1ccc(C#N)cc1. The van der Waals surface area contributed by atoms with Gasteiger partial charge in [-0.05, 0) is 47.9 Å². The number of carbonyl (C=O) groups excluding carboxylic acids is 3. The van der Waals surface area contributed by atoms with Crippen molar-refractivity contribution in [1.29, 1.82) is 5.26 Å². The number of benzene rings is 4. The third-order valence-electron chi connectivity index (χ3n) is 7.96. The molecule has 8 nitrogen and oxygen atoms in total. The number of methoxy groups -OCH3 is 1. The number of nitrogens with zero attached hydrogens (tertiary/aromatic N) is 2. The molecule has 4 atom stereocenters. The molecule has 1 aliphatic rings. The summed E-state index contributed by atoms with van der Waals surface area (Å²) < 4.78 is 11.2. The molecule has 0 bridgehead atoms. The van der Waals surface area contributed by atoms with Crippen LogP contribution >= 0.6 is 0 Å². The van der Waals surface area contributed by atoms with Gasteiger partial charge < -0.3 is 19.7 Å². The maximum Gasteiger partial charge on any atom is 0.311 e. The van der Waals surface area contributed by atoms with Crippen LogP contribution in [0.1, 0.15) is 39.8 Å². The van der Waals surface area contributed by atoms with Crippen molar-refractivity contribution >= 4 is 17.8 Å². The minimum absolute atomic E-state index is 0.240. The first-order valence-electron chi connectivity index (χ1n) is 14.4. The van der Waals surface area contributed by atoms with E-state index in [1.807, 2.05) is 67.6 Å². The molecule has 0 spiro atoms. The number of aryl methyl sites for hydroxylation is 1. The summed E-state index contributed by atoms with van der Waals surface area (Å²) >= 11 is 0. The van der Waals surface area contributed by atoms with Crippen LogP contribution in [0.5, 0.6) is 5.75 Å². The zero-order valence-corrected chi connectivity index (χ0v) is 24.6. The van der Waals surface area contributed by atoms with Gasteiger partial charge in [0, 0.05) is 12.5 Å². The highest BCUT2D eigenvalue weighted by atomic mass is 16.5. The van der Waals surface area contributed by atoms with Crippen LogP contribution in [0.15, 0.2) is 109 Å². The van der Waals surface area contributed by atoms with E-state index in [0.717, 1.165) is 16.7 Å². The Labute approximate surface area is 256 Å². The van der Waals surface area contributed by atoms with Gasteiger partial charge in [-0.2, -0.15) is 5.26 Å². The van der Waals surface area contributed by atoms with Crippen LogP contribution in [-0.4, -0.2) is 42.4 Å². The van der Waals surface area contributed by atoms with Gasteiger partial charge in [0.05, 0.1) is 30.7 Å². The van der Waals surface area contributed by atoms with E-state index < -0.39 is 41.7 Å². The van der Waals surface area contributed by atoms with E-state index in [0.29, 0.717) is 16.9 Å². The average Bonchev–Trinajstić information content (AvgIpc) is 3.44. The number of para-hydroxylation sites is 1. The highest BCUT2D eigenvalue weighted by Gasteiger charge is 2.58. The number of amides is 2. The van der Waals surface area contributed by atoms with E-state index in [1.165, 1.54) is 12.0 Å². The highest BCUT2D eigenvalue weighted by molar-refractivity contribution is 5.93. The predicted octanol–water partition coefficient (Wildman–Crippen LogP) is 5.09. The third-order valence-corrected chi connectivity index (χ3v) is 7.96. The zero-order valence-electron chi connectivity index (χ0n) is 24.6. The molecular formula is C36H33N3O5. The average molecular weight is 588 g/mol. The number of nitriles is 1. The van der Waals surface area contributed by atoms with Gasteiger partial charge in [-0.1, -0.05) is 90.5 Å². The number of hydrogen-bond acceptors (Lipinski definition) is 6. The second-order valence-corrected chi connectivity index (χ2v) is 10.7. The van der Waals surface area contributed by atoms with E-state index in [9.17, 15) is 19.6 Å². The van der Waals surface area contributed by atoms with Crippen molar-refractivity contribution in [2.45, 2.75) is 31.5 Å². The summed E-state index contributed by atoms with van der Waals surface area (Å²) in [7, 11) is 1.30. The van der Waals surface area contributed by atoms with Gasteiger partial charge in [0.25, 0.3) is 5.91 Å². The molecule has 1 N–H and O–H groups in total. The molecule has 4 unspecified atom stereocenters. The molecule has 0 radical (unpaired) electrons. The first-order valence-corrected chi connectivity index (χ1v) is 14.4. The summed E-state index contributed by atoms with van der Waals surface area (Å²) in [5, 5.41) is 12.4. The van der Waals surface area contributed by atoms with Crippen LogP contribution in [0, 0.1) is 24.2 Å². The minimum atomic E-state index is -1.07. The molecule has 4 aromatic rings. The first kappa shape index (κ1) is 30.1. The van der Waals surface area contributed by atoms with E-state index in [1.54, 1.807) is 48.5 Å². The summed E-state index contributed by atoms with van der Waals surface area (Å²) in [4.78, 5) is 43.6. The minimum Gasteiger partial charge on any atom is -0.484 e. The van der Waals surface area contributed by atoms with E-state index in [-0.39, 0.29) is 13.2 Å². The molecule has 0 aliphatic carbocycles. The largest absolute Gasteiger partial charge is 0.484 e. The van der Waals surface area contributed by atoms with Gasteiger partial charge in [0.2, 0.25) is 5.91 Å². The zero-order chi connectivity index (χ0) is 31.1. The molecule has 2 amide bonds. The topological polar surface area (TPSA) is 109 Å². The van der Waals surface area contributed by atoms with Gasteiger partial charge in [0.15, 0.2) is 6.61 Å². The molecule has 1 heterocycles. The third kappa shape index (κ3) is 6.47. The van der Waals surface area contributed by atoms with Crippen molar-refractivity contribution in [2.24, 2.45) is 5.92 Å². The second kappa shape index (κ2) is 13.7. The van der Waals surface area contributed by atoms with Crippen LogP contribution in [0.4, 0.5) is 0 Å². The van der Waals surface area contributed by atoms with Crippen LogP contribution in [0.2, 0.25) is 0 Å². The van der Waals surface area contributed by atoms with Gasteiger partial charge in [-0.15, -0.1) is 0 Å². The van der Waals surface area contributed by atoms with Gasteiger partial charge >= 0.3 is 5.97 Å². The van der Waals surface area contributed by atoms with Crippen molar-refractivity contribution in [3.05, 3.63) is 137 Å². The fourth-order valence-electron chi connectivity index (χ4n) is 5.85. The maximum absolute atomic E-state index is 14.3. The fourth-order valence-corrected chi connectivity index (χ4v) is 5.85. The number of esters is 1. The van der Waals surface area contributed by atoms with Gasteiger partial charge in [-0.25, -0.2) is 0 Å². The lowest BCUT2D eigenvalue weighted by Gasteiger charge is -2.31. The number of rotatable bonds is 9. The monoisotopic (exact) mass is 587 g/mol. The molecule has 4 aromatic carbocycles. The van der Waals surface area contributed by atoms with Crippen LogP contribution in [0.25, 0.3) is 0 Å². The van der Waals surface area contributed by atoms with Crippen molar-refractivity contribution in [3.8, 4) is 11.8 Å². The molecule has 0 aromatic heterocycles. The van der Waals surface area contributed by atoms with Crippen LogP contribution in [0.3, 0.4) is 0 Å². The molecule has 44 heavy (non-hydrogen) atoms. The van der Waals surface area contributed by atoms with E-state index in [4.69, 9.17) is 9.47 Å². The fraction of sp³-hybridized carbons (Fsp3) is 0.222. The summed E-state index contributed by atoms with van der Waals surface area (Å²) in [6, 6.07) is 32.8. The predicted molar refractivity (Wildman–Crippen MR) is 164 cm³/mol. The normalized spacial score (nSPS) is 19.1. The van der Waals surface area contributed by atoms with Crippen LogP contribution in [-0.2, 0) is 25.7 Å². The second-order valence-electron chi connectivity index (χ2n) is 10.7. The first-order chi connectivity index (χ1) is 21.4. The smallest absolute Gasteiger partial charge is 0.311 e. The standard InChI is InChI=1S/C36H33N3O5/c1-24-13-15-26(16-14-24)22-38-35(41)34-31(27-9-5-3-6-10-27)32(36(42)43-2)33(28-19-17-25(21-37)18-20-28)39(34)30(40)23-44-29-11-7-4-8-12-29/h3-20,31-34H,22-23H2,1-2H3,(H,38,41). The van der Waals surface area contributed by atoms with Crippen molar-refractivity contribution in [2.75, 3.05) is 13.7 Å². The summed E-state index contributed by atoms with van der Waals surface area (Å²) in [5.74, 6) is -2.58. The quantitative estimate of drug-likeness (QED) is 0.274. The van der Waals surface area contributed by atoms with E-state index >= 15 is 0 Å². The molecule has 1 saturated heterocycles. The van der Waals surface area contributed by atoms with Gasteiger partial charge in [0.1, 0.15) is 11.8 Å². The number of hydrogen-bond donors (Lipinski definition) is 1. The Kier molecular flexibility index (Phi) is 9.36. The Morgan fingerprint density at radius 1 is 0.841 bits per heavy atom. The van der Waals surface area contributed by atoms with E-state index in [2.05, 4.69) is 11.4 Å². The number of likely N-dealkylation sites (tertiary alicyclic amines) is 1. The maximum atomic E-state index is 14.3. The van der Waals surface area contributed by atoms with Crippen molar-refractivity contribution < 1.29 is 23.9 Å². The summed E-state index contributed by atoms with van der Waals surface area (Å²) in [6.07, 6.45) is 0. The molecule has 222 valence electrons. The van der Waals surface area contributed by atoms with Gasteiger partial charge in [-0.3, -0.25) is 14.4 Å². The molecule has 8 heteroatoms. The lowest BCUT2D eigenvalue weighted by molar-refractivity contribution is -0.148. The summed E-state index contributed by atoms with van der Waals surface area (Å²) in [5.41, 5.74) is 3.75. The summed E-state index contributed by atoms with van der Waals surface area (Å²) in [6.45, 7) is 1.88. The number of nitrogens with one attached hydrogen (secondary N) is 1. The molecule has 5 rings (SSSR count). The number of ether oxygens (including phenoxy) is 2. The molecular weight excluding hydrogens is 554 g/mol. The van der Waals surface area contributed by atoms with Crippen LogP contribution < -0.4 is 10.1 Å². The Morgan fingerprint density at radius 2 is 1.48 bits per heavy atom. The lowest BCUT2D eigenvalue weighted by Crippen LogP contribution is -2.49. The Morgan fingerprint density at radius 3 is 2.09 bits per heavy atom. The number of carbonyl (C=O) groups is 3. The molecule has 1 aliphatic heterocycles. The Hall–Kier alpha value is -5.42.